The number of nitrogens with one attached hydrogen (secondary N) is 1. The van der Waals surface area contributed by atoms with Crippen LogP contribution in [-0.2, 0) is 9.63 Å². The first-order chi connectivity index (χ1) is 2.80. The Morgan fingerprint density at radius 2 is 2.29 bits per heavy atom. The van der Waals surface area contributed by atoms with E-state index in [1.54, 1.807) is 0 Å². The summed E-state index contributed by atoms with van der Waals surface area (Å²) in [6, 6.07) is 0. The predicted molar refractivity (Wildman–Crippen MR) is 22.9 cm³/mol. The number of rotatable bonds is 1. The van der Waals surface area contributed by atoms with Crippen molar-refractivity contribution in [2.24, 2.45) is 0 Å². The molecule has 5 heteroatoms. The smallest absolute Gasteiger partial charge is 0.352 e. The maximum Gasteiger partial charge on any atom is 0.352 e. The van der Waals surface area contributed by atoms with Crippen LogP contribution in [0, 0.1) is 0 Å². The molecular weight excluding hydrogens is 121 g/mol. The number of hydroxylamine groups is 1. The minimum absolute atomic E-state index is 0. The third-order valence-corrected chi connectivity index (χ3v) is 0.460. The molecule has 0 radical (unpaired) electrons. The molecule has 7 heavy (non-hydrogen) atoms. The summed E-state index contributed by atoms with van der Waals surface area (Å²) in [5.41, 5.74) is 2.13. The Morgan fingerprint density at radius 1 is 1.86 bits per heavy atom. The van der Waals surface area contributed by atoms with E-state index in [1.165, 1.54) is 0 Å². The van der Waals surface area contributed by atoms with Crippen molar-refractivity contribution in [1.29, 1.82) is 0 Å². The molecule has 0 amide bonds. The number of hydrogen-bond donors (Lipinski definition) is 2. The summed E-state index contributed by atoms with van der Waals surface area (Å²) >= 11 is 0. The topological polar surface area (TPSA) is 71.8 Å². The van der Waals surface area contributed by atoms with Gasteiger partial charge in [0.1, 0.15) is 0 Å². The standard InChI is InChI=1S/C2H3NO3.ClH/c4-2(5)1-3-6-1;/h1,3H,(H,4,5);1H. The maximum atomic E-state index is 9.57. The first-order valence-corrected chi connectivity index (χ1v) is 1.44. The van der Waals surface area contributed by atoms with Crippen molar-refractivity contribution in [1.82, 2.24) is 5.48 Å². The van der Waals surface area contributed by atoms with Crippen molar-refractivity contribution in [3.63, 3.8) is 0 Å². The summed E-state index contributed by atoms with van der Waals surface area (Å²) in [4.78, 5) is 13.7. The van der Waals surface area contributed by atoms with E-state index in [2.05, 4.69) is 10.3 Å². The minimum atomic E-state index is -0.963. The first-order valence-electron chi connectivity index (χ1n) is 1.44. The largest absolute Gasteiger partial charge is 0.478 e. The van der Waals surface area contributed by atoms with E-state index in [0.29, 0.717) is 0 Å². The Bertz CT molecular complexity index is 81.0. The lowest BCUT2D eigenvalue weighted by atomic mass is 10.7. The van der Waals surface area contributed by atoms with Gasteiger partial charge in [-0.3, -0.25) is 4.84 Å². The van der Waals surface area contributed by atoms with Crippen LogP contribution in [0.1, 0.15) is 0 Å². The summed E-state index contributed by atoms with van der Waals surface area (Å²) in [7, 11) is 0. The van der Waals surface area contributed by atoms with Gasteiger partial charge in [0.25, 0.3) is 0 Å². The molecule has 42 valence electrons. The SMILES string of the molecule is Cl.O=C(O)C1NO1. The van der Waals surface area contributed by atoms with E-state index in [0.717, 1.165) is 0 Å². The number of halogens is 1. The van der Waals surface area contributed by atoms with Crippen LogP contribution in [0.5, 0.6) is 0 Å². The lowest BCUT2D eigenvalue weighted by Gasteiger charge is -1.69. The summed E-state index contributed by atoms with van der Waals surface area (Å²) < 4.78 is 0. The minimum Gasteiger partial charge on any atom is -0.478 e. The number of hydrogen-bond acceptors (Lipinski definition) is 3. The van der Waals surface area contributed by atoms with Gasteiger partial charge >= 0.3 is 5.97 Å². The number of carbonyl (C=O) groups is 1. The van der Waals surface area contributed by atoms with Gasteiger partial charge in [0.15, 0.2) is 0 Å². The molecule has 1 heterocycles. The van der Waals surface area contributed by atoms with Crippen molar-refractivity contribution >= 4 is 18.4 Å². The fourth-order valence-corrected chi connectivity index (χ4v) is 0.135. The first kappa shape index (κ1) is 6.68. The van der Waals surface area contributed by atoms with Crippen LogP contribution in [0.25, 0.3) is 0 Å². The fourth-order valence-electron chi connectivity index (χ4n) is 0.135. The number of carboxylic acids is 1. The van der Waals surface area contributed by atoms with Crippen LogP contribution in [0.4, 0.5) is 0 Å². The lowest BCUT2D eigenvalue weighted by Crippen LogP contribution is -2.05. The van der Waals surface area contributed by atoms with Crippen molar-refractivity contribution in [2.75, 3.05) is 0 Å². The van der Waals surface area contributed by atoms with Crippen LogP contribution in [0.3, 0.4) is 0 Å². The van der Waals surface area contributed by atoms with E-state index in [4.69, 9.17) is 5.11 Å². The Balaban J connectivity index is 0.000000360. The van der Waals surface area contributed by atoms with Crippen molar-refractivity contribution < 1.29 is 14.7 Å². The molecule has 0 saturated carbocycles. The second kappa shape index (κ2) is 2.11. The number of carboxylic acid groups (broad SMARTS) is 1. The highest BCUT2D eigenvalue weighted by molar-refractivity contribution is 5.85. The Hall–Kier alpha value is -0.320. The van der Waals surface area contributed by atoms with Crippen LogP contribution in [0.15, 0.2) is 0 Å². The van der Waals surface area contributed by atoms with Gasteiger partial charge in [-0.25, -0.2) is 4.79 Å². The molecule has 1 rings (SSSR count). The number of aliphatic carboxylic acids is 1. The Kier molecular flexibility index (Phi) is 2.01. The van der Waals surface area contributed by atoms with Gasteiger partial charge in [0, 0.05) is 0 Å². The van der Waals surface area contributed by atoms with Gasteiger partial charge in [-0.1, -0.05) is 0 Å². The highest BCUT2D eigenvalue weighted by atomic mass is 35.5. The molecule has 2 N–H and O–H groups in total. The molecule has 0 aromatic rings. The highest BCUT2D eigenvalue weighted by Gasteiger charge is 2.30. The molecular formula is C2H4ClNO3. The normalized spacial score (nSPS) is 25.4. The molecule has 0 bridgehead atoms. The zero-order valence-electron chi connectivity index (χ0n) is 3.25. The molecule has 4 nitrogen and oxygen atoms in total. The summed E-state index contributed by atoms with van der Waals surface area (Å²) in [6.07, 6.45) is -0.731. The zero-order valence-corrected chi connectivity index (χ0v) is 4.07. The molecule has 0 aromatic carbocycles. The molecule has 1 atom stereocenters. The van der Waals surface area contributed by atoms with E-state index >= 15 is 0 Å². The van der Waals surface area contributed by atoms with Crippen LogP contribution >= 0.6 is 12.4 Å². The third kappa shape index (κ3) is 1.72. The van der Waals surface area contributed by atoms with Crippen LogP contribution < -0.4 is 5.48 Å². The van der Waals surface area contributed by atoms with Crippen molar-refractivity contribution in [3.05, 3.63) is 0 Å². The molecule has 1 unspecified atom stereocenters. The summed E-state index contributed by atoms with van der Waals surface area (Å²) in [5.74, 6) is -0.963. The van der Waals surface area contributed by atoms with Crippen LogP contribution in [-0.4, -0.2) is 17.3 Å². The maximum absolute atomic E-state index is 9.57. The van der Waals surface area contributed by atoms with Gasteiger partial charge in [0.05, 0.1) is 0 Å². The summed E-state index contributed by atoms with van der Waals surface area (Å²) in [6.45, 7) is 0. The third-order valence-electron chi connectivity index (χ3n) is 0.460. The van der Waals surface area contributed by atoms with E-state index in [-0.39, 0.29) is 12.4 Å². The quantitative estimate of drug-likeness (QED) is 0.457. The molecule has 0 aliphatic carbocycles. The second-order valence-electron chi connectivity index (χ2n) is 0.954. The average Bonchev–Trinajstić information content (AvgIpc) is 2.06. The van der Waals surface area contributed by atoms with Gasteiger partial charge in [-0.05, 0) is 0 Å². The van der Waals surface area contributed by atoms with E-state index < -0.39 is 12.2 Å². The van der Waals surface area contributed by atoms with Crippen molar-refractivity contribution in [3.8, 4) is 0 Å². The Labute approximate surface area is 45.8 Å². The lowest BCUT2D eigenvalue weighted by molar-refractivity contribution is -0.138. The monoisotopic (exact) mass is 125 g/mol. The molecule has 1 saturated heterocycles. The molecule has 1 aliphatic heterocycles. The molecule has 0 spiro atoms. The second-order valence-corrected chi connectivity index (χ2v) is 0.954. The van der Waals surface area contributed by atoms with E-state index in [1.807, 2.05) is 0 Å². The van der Waals surface area contributed by atoms with E-state index in [9.17, 15) is 4.79 Å². The molecule has 1 aliphatic rings. The molecule has 1 fully saturated rings. The summed E-state index contributed by atoms with van der Waals surface area (Å²) in [5, 5.41) is 7.87. The highest BCUT2D eigenvalue weighted by Crippen LogP contribution is 1.96. The fraction of sp³-hybridized carbons (Fsp3) is 0.500. The van der Waals surface area contributed by atoms with Gasteiger partial charge in [0.2, 0.25) is 6.23 Å². The van der Waals surface area contributed by atoms with Crippen LogP contribution in [0.2, 0.25) is 0 Å². The predicted octanol–water partition coefficient (Wildman–Crippen LogP) is -0.646. The van der Waals surface area contributed by atoms with Gasteiger partial charge in [-0.15, -0.1) is 12.4 Å². The zero-order chi connectivity index (χ0) is 4.57. The van der Waals surface area contributed by atoms with Crippen molar-refractivity contribution in [2.45, 2.75) is 6.23 Å². The van der Waals surface area contributed by atoms with Gasteiger partial charge < -0.3 is 5.11 Å². The molecule has 0 aromatic heterocycles. The average molecular weight is 126 g/mol. The Morgan fingerprint density at radius 3 is 2.29 bits per heavy atom. The van der Waals surface area contributed by atoms with Gasteiger partial charge in [-0.2, -0.15) is 5.48 Å².